The Balaban J connectivity index is 1.83. The van der Waals surface area contributed by atoms with Gasteiger partial charge in [0.25, 0.3) is 0 Å². The van der Waals surface area contributed by atoms with Crippen LogP contribution >= 0.6 is 0 Å². The van der Waals surface area contributed by atoms with Crippen molar-refractivity contribution < 1.29 is 4.74 Å². The van der Waals surface area contributed by atoms with E-state index in [0.717, 1.165) is 12.8 Å². The second kappa shape index (κ2) is 4.29. The van der Waals surface area contributed by atoms with E-state index < -0.39 is 0 Å². The molecule has 0 spiro atoms. The van der Waals surface area contributed by atoms with Gasteiger partial charge in [-0.1, -0.05) is 5.21 Å². The standard InChI is InChI=1S/C12H20N4O/c1-17-10-4-2-3-9(7-10)16-11(8-5-6-8)12(13)14-15-16/h8-10H,2-7,13H2,1H3. The van der Waals surface area contributed by atoms with Crippen molar-refractivity contribution in [1.29, 1.82) is 0 Å². The Morgan fingerprint density at radius 3 is 2.82 bits per heavy atom. The van der Waals surface area contributed by atoms with E-state index in [1.807, 2.05) is 0 Å². The summed E-state index contributed by atoms with van der Waals surface area (Å²) in [5, 5.41) is 8.31. The fraction of sp³-hybridized carbons (Fsp3) is 0.833. The third-order valence-corrected chi connectivity index (χ3v) is 4.00. The summed E-state index contributed by atoms with van der Waals surface area (Å²) in [6.45, 7) is 0. The van der Waals surface area contributed by atoms with Crippen molar-refractivity contribution in [2.24, 2.45) is 0 Å². The lowest BCUT2D eigenvalue weighted by molar-refractivity contribution is 0.0499. The maximum atomic E-state index is 5.93. The maximum Gasteiger partial charge on any atom is 0.169 e. The summed E-state index contributed by atoms with van der Waals surface area (Å²) in [4.78, 5) is 0. The van der Waals surface area contributed by atoms with Gasteiger partial charge in [-0.2, -0.15) is 0 Å². The van der Waals surface area contributed by atoms with Crippen molar-refractivity contribution in [3.63, 3.8) is 0 Å². The van der Waals surface area contributed by atoms with Crippen LogP contribution in [0, 0.1) is 0 Å². The van der Waals surface area contributed by atoms with Crippen LogP contribution in [0.15, 0.2) is 0 Å². The Bertz CT molecular complexity index is 399. The van der Waals surface area contributed by atoms with Crippen molar-refractivity contribution in [1.82, 2.24) is 15.0 Å². The first-order valence-electron chi connectivity index (χ1n) is 6.53. The SMILES string of the molecule is COC1CCCC(n2nnc(N)c2C2CC2)C1. The summed E-state index contributed by atoms with van der Waals surface area (Å²) in [7, 11) is 1.80. The van der Waals surface area contributed by atoms with Crippen LogP contribution < -0.4 is 5.73 Å². The number of anilines is 1. The van der Waals surface area contributed by atoms with Crippen molar-refractivity contribution >= 4 is 5.82 Å². The van der Waals surface area contributed by atoms with E-state index in [-0.39, 0.29) is 0 Å². The van der Waals surface area contributed by atoms with Crippen molar-refractivity contribution in [2.75, 3.05) is 12.8 Å². The van der Waals surface area contributed by atoms with E-state index in [2.05, 4.69) is 15.0 Å². The Hall–Kier alpha value is -1.10. The van der Waals surface area contributed by atoms with E-state index in [4.69, 9.17) is 10.5 Å². The second-order valence-electron chi connectivity index (χ2n) is 5.26. The van der Waals surface area contributed by atoms with Crippen LogP contribution in [0.1, 0.15) is 56.2 Å². The number of ether oxygens (including phenoxy) is 1. The van der Waals surface area contributed by atoms with Crippen LogP contribution in [0.4, 0.5) is 5.82 Å². The molecule has 2 aliphatic carbocycles. The summed E-state index contributed by atoms with van der Waals surface area (Å²) in [6.07, 6.45) is 7.41. The van der Waals surface area contributed by atoms with Crippen LogP contribution in [0.3, 0.4) is 0 Å². The van der Waals surface area contributed by atoms with E-state index in [1.54, 1.807) is 7.11 Å². The van der Waals surface area contributed by atoms with Gasteiger partial charge in [0.1, 0.15) is 0 Å². The Morgan fingerprint density at radius 2 is 2.12 bits per heavy atom. The number of hydrogen-bond donors (Lipinski definition) is 1. The third-order valence-electron chi connectivity index (χ3n) is 4.00. The smallest absolute Gasteiger partial charge is 0.169 e. The molecule has 0 saturated heterocycles. The molecular formula is C12H20N4O. The quantitative estimate of drug-likeness (QED) is 0.870. The molecule has 0 bridgehead atoms. The highest BCUT2D eigenvalue weighted by Gasteiger charge is 2.34. The first-order valence-corrected chi connectivity index (χ1v) is 6.53. The predicted molar refractivity (Wildman–Crippen MR) is 64.7 cm³/mol. The van der Waals surface area contributed by atoms with Gasteiger partial charge in [0.2, 0.25) is 0 Å². The zero-order valence-corrected chi connectivity index (χ0v) is 10.3. The van der Waals surface area contributed by atoms with Gasteiger partial charge in [-0.05, 0) is 38.5 Å². The fourth-order valence-corrected chi connectivity index (χ4v) is 2.89. The Kier molecular flexibility index (Phi) is 2.78. The molecule has 0 amide bonds. The average Bonchev–Trinajstić information content (AvgIpc) is 3.12. The largest absolute Gasteiger partial charge is 0.381 e. The second-order valence-corrected chi connectivity index (χ2v) is 5.26. The number of nitrogens with two attached hydrogens (primary N) is 1. The molecule has 17 heavy (non-hydrogen) atoms. The predicted octanol–water partition coefficient (Wildman–Crippen LogP) is 1.87. The lowest BCUT2D eigenvalue weighted by Crippen LogP contribution is -2.25. The lowest BCUT2D eigenvalue weighted by Gasteiger charge is -2.29. The molecule has 2 unspecified atom stereocenters. The van der Waals surface area contributed by atoms with E-state index in [1.165, 1.54) is 31.4 Å². The highest BCUT2D eigenvalue weighted by molar-refractivity contribution is 5.38. The molecule has 2 atom stereocenters. The number of nitrogen functional groups attached to an aromatic ring is 1. The van der Waals surface area contributed by atoms with Gasteiger partial charge in [-0.3, -0.25) is 0 Å². The number of aromatic nitrogens is 3. The molecular weight excluding hydrogens is 216 g/mol. The highest BCUT2D eigenvalue weighted by Crippen LogP contribution is 2.44. The van der Waals surface area contributed by atoms with Crippen molar-refractivity contribution in [3.05, 3.63) is 5.69 Å². The first kappa shape index (κ1) is 11.0. The molecule has 2 saturated carbocycles. The molecule has 0 aliphatic heterocycles. The van der Waals surface area contributed by atoms with Crippen LogP contribution in [0.25, 0.3) is 0 Å². The Morgan fingerprint density at radius 1 is 1.29 bits per heavy atom. The summed E-state index contributed by atoms with van der Waals surface area (Å²) < 4.78 is 7.55. The summed E-state index contributed by atoms with van der Waals surface area (Å²) in [5.74, 6) is 1.24. The van der Waals surface area contributed by atoms with Gasteiger partial charge in [-0.15, -0.1) is 5.10 Å². The zero-order chi connectivity index (χ0) is 11.8. The highest BCUT2D eigenvalue weighted by atomic mass is 16.5. The van der Waals surface area contributed by atoms with Crippen LogP contribution in [-0.2, 0) is 4.74 Å². The molecule has 94 valence electrons. The number of hydrogen-bond acceptors (Lipinski definition) is 4. The van der Waals surface area contributed by atoms with Crippen molar-refractivity contribution in [2.45, 2.75) is 56.6 Å². The summed E-state index contributed by atoms with van der Waals surface area (Å²) in [5.41, 5.74) is 7.10. The normalized spacial score (nSPS) is 29.5. The van der Waals surface area contributed by atoms with E-state index in [9.17, 15) is 0 Å². The topological polar surface area (TPSA) is 66.0 Å². The van der Waals surface area contributed by atoms with Gasteiger partial charge in [-0.25, -0.2) is 4.68 Å². The average molecular weight is 236 g/mol. The number of methoxy groups -OCH3 is 1. The number of rotatable bonds is 3. The fourth-order valence-electron chi connectivity index (χ4n) is 2.89. The molecule has 3 rings (SSSR count). The van der Waals surface area contributed by atoms with Gasteiger partial charge in [0, 0.05) is 13.0 Å². The molecule has 5 nitrogen and oxygen atoms in total. The molecule has 1 aromatic rings. The van der Waals surface area contributed by atoms with Crippen molar-refractivity contribution in [3.8, 4) is 0 Å². The summed E-state index contributed by atoms with van der Waals surface area (Å²) in [6, 6.07) is 0.425. The summed E-state index contributed by atoms with van der Waals surface area (Å²) >= 11 is 0. The molecule has 2 aliphatic rings. The molecule has 2 N–H and O–H groups in total. The van der Waals surface area contributed by atoms with Crippen LogP contribution in [0.2, 0.25) is 0 Å². The van der Waals surface area contributed by atoms with E-state index in [0.29, 0.717) is 23.9 Å². The maximum absolute atomic E-state index is 5.93. The minimum Gasteiger partial charge on any atom is -0.381 e. The first-order chi connectivity index (χ1) is 8.29. The molecule has 1 heterocycles. The van der Waals surface area contributed by atoms with Gasteiger partial charge < -0.3 is 10.5 Å². The molecule has 0 aromatic carbocycles. The zero-order valence-electron chi connectivity index (χ0n) is 10.3. The third kappa shape index (κ3) is 2.04. The van der Waals surface area contributed by atoms with Crippen LogP contribution in [0.5, 0.6) is 0 Å². The monoisotopic (exact) mass is 236 g/mol. The lowest BCUT2D eigenvalue weighted by atomic mass is 9.92. The minimum absolute atomic E-state index is 0.367. The van der Waals surface area contributed by atoms with E-state index >= 15 is 0 Å². The number of nitrogens with zero attached hydrogens (tertiary/aromatic N) is 3. The van der Waals surface area contributed by atoms with Gasteiger partial charge in [0.15, 0.2) is 5.82 Å². The molecule has 0 radical (unpaired) electrons. The minimum atomic E-state index is 0.367. The van der Waals surface area contributed by atoms with Gasteiger partial charge in [0.05, 0.1) is 17.8 Å². The molecule has 5 heteroatoms. The van der Waals surface area contributed by atoms with Crippen LogP contribution in [-0.4, -0.2) is 28.2 Å². The Labute approximate surface area is 101 Å². The molecule has 1 aromatic heterocycles. The van der Waals surface area contributed by atoms with Gasteiger partial charge >= 0.3 is 0 Å². The molecule has 2 fully saturated rings.